The summed E-state index contributed by atoms with van der Waals surface area (Å²) in [6, 6.07) is 13.5. The lowest BCUT2D eigenvalue weighted by Gasteiger charge is -2.06. The molecule has 29 heavy (non-hydrogen) atoms. The van der Waals surface area contributed by atoms with Gasteiger partial charge in [0, 0.05) is 23.3 Å². The maximum atomic E-state index is 13.0. The second-order valence-electron chi connectivity index (χ2n) is 6.22. The molecule has 7 nitrogen and oxygen atoms in total. The van der Waals surface area contributed by atoms with Crippen LogP contribution in [0.25, 0.3) is 11.4 Å². The summed E-state index contributed by atoms with van der Waals surface area (Å²) in [5.74, 6) is -0.245. The van der Waals surface area contributed by atoms with E-state index in [0.29, 0.717) is 11.4 Å². The van der Waals surface area contributed by atoms with E-state index >= 15 is 0 Å². The van der Waals surface area contributed by atoms with Gasteiger partial charge in [-0.1, -0.05) is 22.9 Å². The number of carbonyl (C=O) groups is 2. The molecule has 0 unspecified atom stereocenters. The van der Waals surface area contributed by atoms with Crippen molar-refractivity contribution in [3.05, 3.63) is 65.8 Å². The zero-order valence-electron chi connectivity index (χ0n) is 15.6. The van der Waals surface area contributed by atoms with Crippen LogP contribution in [0.3, 0.4) is 0 Å². The Hall–Kier alpha value is -3.20. The van der Waals surface area contributed by atoms with Gasteiger partial charge in [-0.15, -0.1) is 11.8 Å². The largest absolute Gasteiger partial charge is 0.339 e. The number of hydrazine groups is 1. The zero-order chi connectivity index (χ0) is 20.6. The molecule has 1 heterocycles. The Labute approximate surface area is 171 Å². The molecule has 2 N–H and O–H groups in total. The molecule has 0 spiro atoms. The van der Waals surface area contributed by atoms with Crippen molar-refractivity contribution in [2.75, 3.05) is 5.75 Å². The van der Waals surface area contributed by atoms with Crippen molar-refractivity contribution >= 4 is 23.6 Å². The van der Waals surface area contributed by atoms with E-state index in [2.05, 4.69) is 21.0 Å². The summed E-state index contributed by atoms with van der Waals surface area (Å²) in [6.45, 7) is 1.99. The van der Waals surface area contributed by atoms with Crippen LogP contribution in [0.4, 0.5) is 4.39 Å². The minimum absolute atomic E-state index is 0.0659. The number of halogens is 1. The number of thioether (sulfide) groups is 1. The molecule has 3 rings (SSSR count). The van der Waals surface area contributed by atoms with Gasteiger partial charge in [-0.25, -0.2) is 4.39 Å². The summed E-state index contributed by atoms with van der Waals surface area (Å²) < 4.78 is 18.1. The minimum Gasteiger partial charge on any atom is -0.339 e. The summed E-state index contributed by atoms with van der Waals surface area (Å²) in [6.07, 6.45) is 0.282. The van der Waals surface area contributed by atoms with E-state index in [9.17, 15) is 14.0 Å². The van der Waals surface area contributed by atoms with Crippen LogP contribution in [-0.2, 0) is 16.0 Å². The first-order chi connectivity index (χ1) is 14.0. The maximum Gasteiger partial charge on any atom is 0.248 e. The van der Waals surface area contributed by atoms with Crippen LogP contribution in [0.5, 0.6) is 0 Å². The molecule has 2 aromatic carbocycles. The van der Waals surface area contributed by atoms with Crippen LogP contribution in [-0.4, -0.2) is 27.7 Å². The average Bonchev–Trinajstić information content (AvgIpc) is 3.20. The molecule has 0 fully saturated rings. The van der Waals surface area contributed by atoms with Gasteiger partial charge < -0.3 is 4.52 Å². The molecule has 0 radical (unpaired) electrons. The Bertz CT molecular complexity index is 974. The van der Waals surface area contributed by atoms with Gasteiger partial charge in [-0.05, 0) is 43.3 Å². The van der Waals surface area contributed by atoms with Crippen LogP contribution in [0, 0.1) is 12.7 Å². The van der Waals surface area contributed by atoms with E-state index in [4.69, 9.17) is 4.52 Å². The number of carbonyl (C=O) groups excluding carboxylic acids is 2. The Balaban J connectivity index is 1.38. The van der Waals surface area contributed by atoms with E-state index in [1.54, 1.807) is 12.1 Å². The fourth-order valence-corrected chi connectivity index (χ4v) is 3.01. The molecule has 0 bridgehead atoms. The van der Waals surface area contributed by atoms with Crippen LogP contribution in [0.15, 0.2) is 57.9 Å². The number of nitrogens with one attached hydrogen (secondary N) is 2. The van der Waals surface area contributed by atoms with Gasteiger partial charge in [0.25, 0.3) is 0 Å². The number of nitrogens with zero attached hydrogens (tertiary/aromatic N) is 2. The quantitative estimate of drug-likeness (QED) is 0.456. The van der Waals surface area contributed by atoms with Crippen LogP contribution >= 0.6 is 11.8 Å². The van der Waals surface area contributed by atoms with Gasteiger partial charge in [-0.3, -0.25) is 20.4 Å². The highest BCUT2D eigenvalue weighted by Crippen LogP contribution is 2.18. The van der Waals surface area contributed by atoms with Crippen molar-refractivity contribution in [2.45, 2.75) is 24.7 Å². The molecule has 0 saturated carbocycles. The normalized spacial score (nSPS) is 10.6. The fraction of sp³-hybridized carbons (Fsp3) is 0.200. The van der Waals surface area contributed by atoms with Gasteiger partial charge in [0.05, 0.1) is 5.75 Å². The van der Waals surface area contributed by atoms with Crippen molar-refractivity contribution in [3.8, 4) is 11.4 Å². The van der Waals surface area contributed by atoms with Crippen LogP contribution < -0.4 is 10.9 Å². The molecule has 0 saturated heterocycles. The van der Waals surface area contributed by atoms with E-state index in [1.807, 2.05) is 31.2 Å². The minimum atomic E-state index is -0.375. The third-order valence-electron chi connectivity index (χ3n) is 3.87. The Kier molecular flexibility index (Phi) is 6.96. The standard InChI is InChI=1S/C20H19FN4O3S/c1-13-2-8-16(9-3-13)29-12-18(27)24-23-17(26)10-11-19-22-20(25-28-19)14-4-6-15(21)7-5-14/h2-9H,10-12H2,1H3,(H,23,26)(H,24,27). The van der Waals surface area contributed by atoms with Gasteiger partial charge in [0.1, 0.15) is 5.82 Å². The SMILES string of the molecule is Cc1ccc(SCC(=O)NNC(=O)CCc2nc(-c3ccc(F)cc3)no2)cc1. The third-order valence-corrected chi connectivity index (χ3v) is 4.88. The number of rotatable bonds is 7. The summed E-state index contributed by atoms with van der Waals surface area (Å²) in [5, 5.41) is 3.81. The van der Waals surface area contributed by atoms with E-state index in [1.165, 1.54) is 23.9 Å². The predicted octanol–water partition coefficient (Wildman–Crippen LogP) is 3.06. The number of amides is 2. The number of aromatic nitrogens is 2. The number of aryl methyl sites for hydroxylation is 2. The lowest BCUT2D eigenvalue weighted by molar-refractivity contribution is -0.127. The zero-order valence-corrected chi connectivity index (χ0v) is 16.5. The molecule has 0 atom stereocenters. The molecule has 3 aromatic rings. The third kappa shape index (κ3) is 6.42. The summed E-state index contributed by atoms with van der Waals surface area (Å²) in [7, 11) is 0. The Morgan fingerprint density at radius 2 is 1.72 bits per heavy atom. The molecule has 2 amide bonds. The second kappa shape index (κ2) is 9.83. The topological polar surface area (TPSA) is 97.1 Å². The van der Waals surface area contributed by atoms with E-state index < -0.39 is 0 Å². The highest BCUT2D eigenvalue weighted by atomic mass is 32.2. The van der Waals surface area contributed by atoms with E-state index in [-0.39, 0.29) is 42.1 Å². The number of hydrogen-bond donors (Lipinski definition) is 2. The maximum absolute atomic E-state index is 13.0. The van der Waals surface area contributed by atoms with Crippen molar-refractivity contribution in [3.63, 3.8) is 0 Å². The first kappa shape index (κ1) is 20.5. The molecule has 9 heteroatoms. The Morgan fingerprint density at radius 1 is 1.03 bits per heavy atom. The average molecular weight is 414 g/mol. The lowest BCUT2D eigenvalue weighted by atomic mass is 10.2. The van der Waals surface area contributed by atoms with Gasteiger partial charge >= 0.3 is 0 Å². The first-order valence-electron chi connectivity index (χ1n) is 8.85. The smallest absolute Gasteiger partial charge is 0.248 e. The summed E-state index contributed by atoms with van der Waals surface area (Å²) >= 11 is 1.38. The highest BCUT2D eigenvalue weighted by molar-refractivity contribution is 8.00. The predicted molar refractivity (Wildman–Crippen MR) is 106 cm³/mol. The number of hydrogen-bond acceptors (Lipinski definition) is 6. The van der Waals surface area contributed by atoms with Crippen LogP contribution in [0.2, 0.25) is 0 Å². The second-order valence-corrected chi connectivity index (χ2v) is 7.27. The van der Waals surface area contributed by atoms with Crippen molar-refractivity contribution in [2.24, 2.45) is 0 Å². The van der Waals surface area contributed by atoms with Gasteiger partial charge in [0.2, 0.25) is 23.5 Å². The first-order valence-corrected chi connectivity index (χ1v) is 9.84. The molecule has 1 aromatic heterocycles. The van der Waals surface area contributed by atoms with Crippen molar-refractivity contribution < 1.29 is 18.5 Å². The van der Waals surface area contributed by atoms with Gasteiger partial charge in [0.15, 0.2) is 0 Å². The van der Waals surface area contributed by atoms with E-state index in [0.717, 1.165) is 10.5 Å². The summed E-state index contributed by atoms with van der Waals surface area (Å²) in [5.41, 5.74) is 6.50. The highest BCUT2D eigenvalue weighted by Gasteiger charge is 2.11. The lowest BCUT2D eigenvalue weighted by Crippen LogP contribution is -2.42. The Morgan fingerprint density at radius 3 is 2.45 bits per heavy atom. The molecule has 0 aliphatic heterocycles. The van der Waals surface area contributed by atoms with Crippen molar-refractivity contribution in [1.82, 2.24) is 21.0 Å². The molecule has 150 valence electrons. The number of benzene rings is 2. The van der Waals surface area contributed by atoms with Gasteiger partial charge in [-0.2, -0.15) is 4.98 Å². The molecular weight excluding hydrogens is 395 g/mol. The fourth-order valence-electron chi connectivity index (χ4n) is 2.31. The molecule has 0 aliphatic carbocycles. The van der Waals surface area contributed by atoms with Crippen molar-refractivity contribution in [1.29, 1.82) is 0 Å². The monoisotopic (exact) mass is 414 g/mol. The summed E-state index contributed by atoms with van der Waals surface area (Å²) in [4.78, 5) is 28.9. The molecule has 0 aliphatic rings. The molecular formula is C20H19FN4O3S. The van der Waals surface area contributed by atoms with Crippen LogP contribution in [0.1, 0.15) is 17.9 Å².